The zero-order valence-corrected chi connectivity index (χ0v) is 63.2. The van der Waals surface area contributed by atoms with Crippen molar-refractivity contribution in [2.45, 2.75) is 73.1 Å². The van der Waals surface area contributed by atoms with Gasteiger partial charge in [0.15, 0.2) is 0 Å². The van der Waals surface area contributed by atoms with Gasteiger partial charge < -0.3 is 19.6 Å². The molecular formula is C105H84N4. The summed E-state index contributed by atoms with van der Waals surface area (Å²) in [5, 5.41) is 2.36. The lowest BCUT2D eigenvalue weighted by molar-refractivity contribution is 0.758. The first-order chi connectivity index (χ1) is 53.2. The van der Waals surface area contributed by atoms with Crippen molar-refractivity contribution in [1.82, 2.24) is 0 Å². The van der Waals surface area contributed by atoms with E-state index in [9.17, 15) is 0 Å². The van der Waals surface area contributed by atoms with Gasteiger partial charge in [-0.15, -0.1) is 0 Å². The molecule has 0 spiro atoms. The summed E-state index contributed by atoms with van der Waals surface area (Å²) in [5.41, 5.74) is 39.6. The predicted octanol–water partition coefficient (Wildman–Crippen LogP) is 28.2. The lowest BCUT2D eigenvalue weighted by Gasteiger charge is -2.37. The molecule has 0 amide bonds. The highest BCUT2D eigenvalue weighted by Gasteiger charge is 2.53. The molecule has 1 unspecified atom stereocenters. The summed E-state index contributed by atoms with van der Waals surface area (Å²) in [4.78, 5) is 9.74. The second-order valence-corrected chi connectivity index (χ2v) is 30.8. The summed E-state index contributed by atoms with van der Waals surface area (Å²) in [6, 6.07) is 133. The first kappa shape index (κ1) is 66.6. The molecular weight excluding hydrogens is 1320 g/mol. The van der Waals surface area contributed by atoms with Crippen LogP contribution in [0.5, 0.6) is 0 Å². The summed E-state index contributed by atoms with van der Waals surface area (Å²) < 4.78 is 0. The summed E-state index contributed by atoms with van der Waals surface area (Å²) in [6.45, 7) is 19.7. The van der Waals surface area contributed by atoms with E-state index in [1.807, 2.05) is 0 Å². The smallest absolute Gasteiger partial charge is 0.0714 e. The standard InChI is InChI=1S/C105H84N4/c1-67-14-33-77(34-15-67)104-80-39-31-76(32-40-80)95-62-90(51-30-75(95)9)108(87-54-52-85(53-55-87)106(81-41-20-70(4)21-42-81)82-43-22-71(5)23-44-82)91-60-61-92(98(104)63-91)96-64-100-97(65-99(96)104)103-94-13-11-10-12-93(94)102(66-101(103)105(100,78-35-16-68(2)17-36-78)79-37-18-69(3)19-38-79)109(88-49-28-74(8)29-50-88)89-58-56-86(57-59-89)107(83-45-24-72(6)25-46-83)84-47-26-73(7)27-48-84/h10-66H,1-9H3. The fourth-order valence-electron chi connectivity index (χ4n) is 18.0. The Balaban J connectivity index is 0.862. The first-order valence-corrected chi connectivity index (χ1v) is 38.3. The zero-order chi connectivity index (χ0) is 74.0. The van der Waals surface area contributed by atoms with Crippen molar-refractivity contribution < 1.29 is 0 Å². The van der Waals surface area contributed by atoms with Gasteiger partial charge in [-0.2, -0.15) is 0 Å². The molecule has 524 valence electrons. The van der Waals surface area contributed by atoms with Crippen molar-refractivity contribution in [2.75, 3.05) is 19.6 Å². The van der Waals surface area contributed by atoms with E-state index in [1.165, 1.54) is 133 Å². The Kier molecular flexibility index (Phi) is 16.0. The SMILES string of the molecule is Cc1ccc(N(c2ccc(C)cc2)c2ccc(N3c4ccc(C)c(c4)-c4ccc(cc4)C4(c5ccc(C)cc5)c5cc3ccc5-c3cc5c(cc34)-c3c(cc(N(c4ccc(C)cc4)c4ccc(N(c6ccc(C)cc6)c6ccc(C)cc6)cc4)c4ccccc34)C5(c3ccc(C)cc3)c3ccc(C)cc3)cc2)cc1. The Hall–Kier alpha value is -13.0. The second-order valence-electron chi connectivity index (χ2n) is 30.8. The van der Waals surface area contributed by atoms with Gasteiger partial charge in [-0.1, -0.05) is 239 Å². The number of anilines is 12. The molecule has 0 saturated heterocycles. The highest BCUT2D eigenvalue weighted by Crippen LogP contribution is 2.65. The van der Waals surface area contributed by atoms with Gasteiger partial charge >= 0.3 is 0 Å². The first-order valence-electron chi connectivity index (χ1n) is 38.3. The molecule has 6 bridgehead atoms. The van der Waals surface area contributed by atoms with Crippen LogP contribution in [0.3, 0.4) is 0 Å². The molecule has 109 heavy (non-hydrogen) atoms. The van der Waals surface area contributed by atoms with Crippen LogP contribution in [0.25, 0.3) is 44.2 Å². The molecule has 20 rings (SSSR count). The van der Waals surface area contributed by atoms with Crippen LogP contribution < -0.4 is 19.6 Å². The maximum atomic E-state index is 2.67. The van der Waals surface area contributed by atoms with Crippen LogP contribution >= 0.6 is 0 Å². The van der Waals surface area contributed by atoms with Crippen LogP contribution in [-0.2, 0) is 10.8 Å². The molecule has 16 aromatic carbocycles. The molecule has 2 aliphatic carbocycles. The lowest BCUT2D eigenvalue weighted by Crippen LogP contribution is -2.30. The van der Waals surface area contributed by atoms with Crippen molar-refractivity contribution in [3.63, 3.8) is 0 Å². The molecule has 1 atom stereocenters. The topological polar surface area (TPSA) is 13.0 Å². The molecule has 2 aliphatic heterocycles. The number of benzene rings is 16. The van der Waals surface area contributed by atoms with Gasteiger partial charge in [-0.25, -0.2) is 0 Å². The zero-order valence-electron chi connectivity index (χ0n) is 63.2. The van der Waals surface area contributed by atoms with E-state index >= 15 is 0 Å². The summed E-state index contributed by atoms with van der Waals surface area (Å²) in [5.74, 6) is 0. The van der Waals surface area contributed by atoms with Crippen LogP contribution in [0.1, 0.15) is 94.6 Å². The van der Waals surface area contributed by atoms with Crippen LogP contribution in [-0.4, -0.2) is 0 Å². The van der Waals surface area contributed by atoms with E-state index in [1.54, 1.807) is 0 Å². The van der Waals surface area contributed by atoms with Crippen molar-refractivity contribution >= 4 is 79.0 Å². The lowest BCUT2D eigenvalue weighted by atomic mass is 9.65. The molecule has 0 N–H and O–H groups in total. The monoisotopic (exact) mass is 1400 g/mol. The van der Waals surface area contributed by atoms with Gasteiger partial charge in [0.25, 0.3) is 0 Å². The Labute approximate surface area is 641 Å². The van der Waals surface area contributed by atoms with Gasteiger partial charge in [0.1, 0.15) is 0 Å². The van der Waals surface area contributed by atoms with Crippen LogP contribution in [0.15, 0.2) is 346 Å². The summed E-state index contributed by atoms with van der Waals surface area (Å²) in [7, 11) is 0. The third kappa shape index (κ3) is 10.9. The van der Waals surface area contributed by atoms with E-state index in [4.69, 9.17) is 0 Å². The molecule has 4 nitrogen and oxygen atoms in total. The Bertz CT molecular complexity index is 6040. The van der Waals surface area contributed by atoms with E-state index in [0.29, 0.717) is 0 Å². The number of fused-ring (bicyclic) bond motifs is 9. The number of nitrogens with zero attached hydrogens (tertiary/aromatic N) is 4. The van der Waals surface area contributed by atoms with Crippen LogP contribution in [0, 0.1) is 62.3 Å². The van der Waals surface area contributed by atoms with Crippen molar-refractivity contribution in [3.05, 3.63) is 440 Å². The van der Waals surface area contributed by atoms with Gasteiger partial charge in [-0.3, -0.25) is 0 Å². The molecule has 0 fully saturated rings. The quantitative estimate of drug-likeness (QED) is 0.114. The van der Waals surface area contributed by atoms with Crippen molar-refractivity contribution in [2.24, 2.45) is 0 Å². The van der Waals surface area contributed by atoms with Gasteiger partial charge in [0, 0.05) is 67.9 Å². The maximum Gasteiger partial charge on any atom is 0.0714 e. The second kappa shape index (κ2) is 26.2. The molecule has 0 radical (unpaired) electrons. The van der Waals surface area contributed by atoms with Crippen LogP contribution in [0.2, 0.25) is 0 Å². The Morgan fingerprint density at radius 1 is 0.220 bits per heavy atom. The van der Waals surface area contributed by atoms with E-state index < -0.39 is 10.8 Å². The minimum absolute atomic E-state index is 0.792. The number of rotatable bonds is 13. The summed E-state index contributed by atoms with van der Waals surface area (Å²) >= 11 is 0. The summed E-state index contributed by atoms with van der Waals surface area (Å²) in [6.07, 6.45) is 0. The number of hydrogen-bond donors (Lipinski definition) is 0. The molecule has 0 saturated carbocycles. The highest BCUT2D eigenvalue weighted by molar-refractivity contribution is 6.12. The molecule has 0 aromatic heterocycles. The third-order valence-corrected chi connectivity index (χ3v) is 23.6. The minimum atomic E-state index is -0.819. The number of aryl methyl sites for hydroxylation is 9. The maximum absolute atomic E-state index is 2.67. The van der Waals surface area contributed by atoms with Gasteiger partial charge in [0.05, 0.1) is 16.5 Å². The minimum Gasteiger partial charge on any atom is -0.311 e. The highest BCUT2D eigenvalue weighted by atomic mass is 15.2. The molecule has 2 heterocycles. The fraction of sp³-hybridized carbons (Fsp3) is 0.105. The molecule has 4 aliphatic rings. The van der Waals surface area contributed by atoms with E-state index in [-0.39, 0.29) is 0 Å². The van der Waals surface area contributed by atoms with E-state index in [2.05, 4.69) is 428 Å². The van der Waals surface area contributed by atoms with E-state index in [0.717, 1.165) is 73.6 Å². The van der Waals surface area contributed by atoms with Crippen molar-refractivity contribution in [3.8, 4) is 33.4 Å². The number of hydrogen-bond acceptors (Lipinski definition) is 4. The van der Waals surface area contributed by atoms with Gasteiger partial charge in [0.2, 0.25) is 0 Å². The molecule has 16 aromatic rings. The van der Waals surface area contributed by atoms with Gasteiger partial charge in [-0.05, 0) is 303 Å². The molecule has 4 heteroatoms. The fourth-order valence-corrected chi connectivity index (χ4v) is 18.0. The Morgan fingerprint density at radius 3 is 0.963 bits per heavy atom. The average molecular weight is 1400 g/mol. The predicted molar refractivity (Wildman–Crippen MR) is 459 cm³/mol. The van der Waals surface area contributed by atoms with Crippen molar-refractivity contribution in [1.29, 1.82) is 0 Å². The Morgan fingerprint density at radius 2 is 0.532 bits per heavy atom. The normalized spacial score (nSPS) is 14.0. The third-order valence-electron chi connectivity index (χ3n) is 23.6. The largest absolute Gasteiger partial charge is 0.311 e. The average Bonchev–Trinajstić information content (AvgIpc) is 1.50. The van der Waals surface area contributed by atoms with Crippen LogP contribution in [0.4, 0.5) is 68.2 Å².